The molecule has 2 aromatic heterocycles. The fourth-order valence-corrected chi connectivity index (χ4v) is 3.13. The molecule has 2 heterocycles. The van der Waals surface area contributed by atoms with Gasteiger partial charge in [-0.05, 0) is 44.0 Å². The summed E-state index contributed by atoms with van der Waals surface area (Å²) in [6.07, 6.45) is 3.29. The third-order valence-electron chi connectivity index (χ3n) is 4.78. The number of nitrogens with zero attached hydrogens (tertiary/aromatic N) is 5. The average molecular weight is 416 g/mol. The fourth-order valence-electron chi connectivity index (χ4n) is 3.13. The molecule has 31 heavy (non-hydrogen) atoms. The number of benzene rings is 2. The first kappa shape index (κ1) is 20.3. The van der Waals surface area contributed by atoms with Gasteiger partial charge in [0, 0.05) is 6.20 Å². The summed E-state index contributed by atoms with van der Waals surface area (Å²) in [7, 11) is 0. The van der Waals surface area contributed by atoms with E-state index in [-0.39, 0.29) is 24.3 Å². The van der Waals surface area contributed by atoms with E-state index in [0.717, 1.165) is 16.9 Å². The molecule has 0 saturated heterocycles. The number of amides is 1. The van der Waals surface area contributed by atoms with Crippen molar-refractivity contribution in [3.63, 3.8) is 0 Å². The molecule has 2 aromatic carbocycles. The minimum atomic E-state index is -0.377. The SMILES string of the molecule is Cc1ccc(Cn2cnc(NC(=O)c3ccn(COc4ccc(C)cc4C)n3)n2)cc1. The third kappa shape index (κ3) is 5.16. The Morgan fingerprint density at radius 3 is 2.52 bits per heavy atom. The van der Waals surface area contributed by atoms with Gasteiger partial charge in [0.15, 0.2) is 12.4 Å². The van der Waals surface area contributed by atoms with Crippen molar-refractivity contribution < 1.29 is 9.53 Å². The molecule has 0 bridgehead atoms. The Morgan fingerprint density at radius 2 is 1.74 bits per heavy atom. The number of nitrogens with one attached hydrogen (secondary N) is 1. The molecule has 1 N–H and O–H groups in total. The Balaban J connectivity index is 1.33. The highest BCUT2D eigenvalue weighted by atomic mass is 16.5. The summed E-state index contributed by atoms with van der Waals surface area (Å²) in [5.74, 6) is 0.645. The van der Waals surface area contributed by atoms with Gasteiger partial charge < -0.3 is 4.74 Å². The van der Waals surface area contributed by atoms with Crippen LogP contribution in [0.2, 0.25) is 0 Å². The molecule has 0 unspecified atom stereocenters. The van der Waals surface area contributed by atoms with Gasteiger partial charge in [-0.3, -0.25) is 10.1 Å². The normalized spacial score (nSPS) is 10.8. The van der Waals surface area contributed by atoms with Crippen molar-refractivity contribution in [1.29, 1.82) is 0 Å². The zero-order valence-electron chi connectivity index (χ0n) is 17.7. The van der Waals surface area contributed by atoms with E-state index in [2.05, 4.69) is 38.7 Å². The van der Waals surface area contributed by atoms with Gasteiger partial charge in [-0.15, -0.1) is 5.10 Å². The van der Waals surface area contributed by atoms with Gasteiger partial charge in [0.2, 0.25) is 5.95 Å². The van der Waals surface area contributed by atoms with Crippen molar-refractivity contribution >= 4 is 11.9 Å². The second-order valence-electron chi connectivity index (χ2n) is 7.49. The second kappa shape index (κ2) is 8.83. The second-order valence-corrected chi connectivity index (χ2v) is 7.49. The summed E-state index contributed by atoms with van der Waals surface area (Å²) < 4.78 is 9.04. The zero-order chi connectivity index (χ0) is 21.8. The van der Waals surface area contributed by atoms with E-state index in [9.17, 15) is 4.79 Å². The van der Waals surface area contributed by atoms with E-state index in [1.807, 2.05) is 45.0 Å². The molecule has 0 saturated carbocycles. The van der Waals surface area contributed by atoms with E-state index >= 15 is 0 Å². The number of carbonyl (C=O) groups excluding carboxylic acids is 1. The number of carbonyl (C=O) groups is 1. The molecule has 0 spiro atoms. The van der Waals surface area contributed by atoms with E-state index < -0.39 is 0 Å². The first-order valence-corrected chi connectivity index (χ1v) is 9.96. The monoisotopic (exact) mass is 416 g/mol. The molecule has 0 atom stereocenters. The topological polar surface area (TPSA) is 86.9 Å². The molecule has 0 fully saturated rings. The predicted molar refractivity (Wildman–Crippen MR) is 117 cm³/mol. The maximum atomic E-state index is 12.5. The Morgan fingerprint density at radius 1 is 0.968 bits per heavy atom. The van der Waals surface area contributed by atoms with Crippen LogP contribution in [-0.4, -0.2) is 30.5 Å². The highest BCUT2D eigenvalue weighted by Crippen LogP contribution is 2.19. The molecule has 4 aromatic rings. The highest BCUT2D eigenvalue weighted by Gasteiger charge is 2.13. The Bertz CT molecular complexity index is 1190. The predicted octanol–water partition coefficient (Wildman–Crippen LogP) is 3.74. The lowest BCUT2D eigenvalue weighted by Crippen LogP contribution is -2.15. The lowest BCUT2D eigenvalue weighted by molar-refractivity contribution is 0.101. The van der Waals surface area contributed by atoms with Crippen molar-refractivity contribution in [2.45, 2.75) is 34.0 Å². The van der Waals surface area contributed by atoms with Crippen molar-refractivity contribution in [2.24, 2.45) is 0 Å². The van der Waals surface area contributed by atoms with Crippen LogP contribution in [0.5, 0.6) is 5.75 Å². The van der Waals surface area contributed by atoms with E-state index in [0.29, 0.717) is 6.54 Å². The maximum Gasteiger partial charge on any atom is 0.278 e. The molecule has 8 heteroatoms. The Labute approximate surface area is 180 Å². The molecule has 4 rings (SSSR count). The summed E-state index contributed by atoms with van der Waals surface area (Å²) in [4.78, 5) is 16.6. The average Bonchev–Trinajstić information content (AvgIpc) is 3.39. The lowest BCUT2D eigenvalue weighted by Gasteiger charge is -2.09. The van der Waals surface area contributed by atoms with Crippen LogP contribution in [0.3, 0.4) is 0 Å². The van der Waals surface area contributed by atoms with Gasteiger partial charge in [-0.1, -0.05) is 47.5 Å². The zero-order valence-corrected chi connectivity index (χ0v) is 17.7. The van der Waals surface area contributed by atoms with Gasteiger partial charge >= 0.3 is 0 Å². The van der Waals surface area contributed by atoms with Crippen molar-refractivity contribution in [1.82, 2.24) is 24.5 Å². The van der Waals surface area contributed by atoms with E-state index in [1.165, 1.54) is 11.1 Å². The molecular formula is C23H24N6O2. The first-order valence-electron chi connectivity index (χ1n) is 9.96. The van der Waals surface area contributed by atoms with Crippen molar-refractivity contribution in [3.8, 4) is 5.75 Å². The molecule has 158 valence electrons. The van der Waals surface area contributed by atoms with E-state index in [4.69, 9.17) is 4.74 Å². The summed E-state index contributed by atoms with van der Waals surface area (Å²) in [6, 6.07) is 15.8. The summed E-state index contributed by atoms with van der Waals surface area (Å²) in [6.45, 7) is 6.86. The smallest absolute Gasteiger partial charge is 0.278 e. The highest BCUT2D eigenvalue weighted by molar-refractivity contribution is 6.01. The summed E-state index contributed by atoms with van der Waals surface area (Å²) >= 11 is 0. The molecule has 0 aliphatic rings. The van der Waals surface area contributed by atoms with Crippen LogP contribution in [0.4, 0.5) is 5.95 Å². The lowest BCUT2D eigenvalue weighted by atomic mass is 10.1. The summed E-state index contributed by atoms with van der Waals surface area (Å²) in [5.41, 5.74) is 4.81. The van der Waals surface area contributed by atoms with Gasteiger partial charge in [-0.25, -0.2) is 14.3 Å². The minimum absolute atomic E-state index is 0.209. The maximum absolute atomic E-state index is 12.5. The van der Waals surface area contributed by atoms with Crippen LogP contribution in [0.25, 0.3) is 0 Å². The number of rotatable bonds is 7. The van der Waals surface area contributed by atoms with Gasteiger partial charge in [0.05, 0.1) is 6.54 Å². The Hall–Kier alpha value is -3.94. The molecule has 1 amide bonds. The number of hydrogen-bond donors (Lipinski definition) is 1. The molecule has 0 aliphatic carbocycles. The molecule has 0 radical (unpaired) electrons. The third-order valence-corrected chi connectivity index (χ3v) is 4.78. The molecular weight excluding hydrogens is 392 g/mol. The van der Waals surface area contributed by atoms with E-state index in [1.54, 1.807) is 28.0 Å². The number of aromatic nitrogens is 5. The fraction of sp³-hybridized carbons (Fsp3) is 0.217. The summed E-state index contributed by atoms with van der Waals surface area (Å²) in [5, 5.41) is 11.3. The van der Waals surface area contributed by atoms with Crippen LogP contribution < -0.4 is 10.1 Å². The molecule has 0 aliphatic heterocycles. The van der Waals surface area contributed by atoms with Crippen LogP contribution in [0.15, 0.2) is 61.1 Å². The Kier molecular flexibility index (Phi) is 5.79. The van der Waals surface area contributed by atoms with Gasteiger partial charge in [0.25, 0.3) is 5.91 Å². The van der Waals surface area contributed by atoms with Gasteiger partial charge in [-0.2, -0.15) is 5.10 Å². The van der Waals surface area contributed by atoms with Crippen LogP contribution in [-0.2, 0) is 13.3 Å². The number of hydrogen-bond acceptors (Lipinski definition) is 5. The van der Waals surface area contributed by atoms with Gasteiger partial charge in [0.1, 0.15) is 12.1 Å². The van der Waals surface area contributed by atoms with Crippen LogP contribution >= 0.6 is 0 Å². The number of ether oxygens (including phenoxy) is 1. The quantitative estimate of drug-likeness (QED) is 0.496. The molecule has 8 nitrogen and oxygen atoms in total. The van der Waals surface area contributed by atoms with Crippen LogP contribution in [0, 0.1) is 20.8 Å². The van der Waals surface area contributed by atoms with Crippen LogP contribution in [0.1, 0.15) is 32.7 Å². The number of anilines is 1. The number of aryl methyl sites for hydroxylation is 3. The minimum Gasteiger partial charge on any atom is -0.471 e. The van der Waals surface area contributed by atoms with Crippen molar-refractivity contribution in [3.05, 3.63) is 89.0 Å². The first-order chi connectivity index (χ1) is 15.0. The standard InChI is InChI=1S/C23H24N6O2/c1-16-4-7-19(8-5-16)13-29-14-24-23(27-29)25-22(30)20-10-11-28(26-20)15-31-21-9-6-17(2)12-18(21)3/h4-12,14H,13,15H2,1-3H3,(H,25,27,30). The largest absolute Gasteiger partial charge is 0.471 e. The van der Waals surface area contributed by atoms with Crippen molar-refractivity contribution in [2.75, 3.05) is 5.32 Å².